The van der Waals surface area contributed by atoms with Crippen molar-refractivity contribution in [2.24, 2.45) is 0 Å². The van der Waals surface area contributed by atoms with Gasteiger partial charge in [0, 0.05) is 71.4 Å². The van der Waals surface area contributed by atoms with Gasteiger partial charge in [0.2, 0.25) is 17.7 Å². The summed E-state index contributed by atoms with van der Waals surface area (Å²) >= 11 is 31.1. The molecule has 19 heteroatoms. The molecule has 6 rings (SSSR count). The van der Waals surface area contributed by atoms with Crippen LogP contribution in [-0.2, 0) is 49.3 Å². The number of amides is 3. The van der Waals surface area contributed by atoms with Crippen molar-refractivity contribution in [1.29, 1.82) is 0 Å². The van der Waals surface area contributed by atoms with Crippen LogP contribution in [0.5, 0.6) is 0 Å². The number of Topliss-reactive ketones (excluding diaryl/α,β-unsaturated/α-hetero) is 1. The standard InChI is InChI=1S/C28H33Cl2F4N3O2.C27H34Cl3N3O2/c1-18(38)36(4)21-9-12-37(13-10-21)14-11-27(2,20-6-7-23(29)24(30)16-20)26(39)35(3)17-19-5-8-25(31)22(15-19)28(32,33)34;1-19(34)17-31-23-9-12-33(13-10-23)14-11-27(2,21-7-8-24(29)25(30)16-21)26(35)32(3)18-20-5-4-6-22(28)15-20/h5-8,15-16,21H,9-14,17H2,1-4H3;4-8,15-16,23,31H,9-14,17-18H2,1-3H3. The summed E-state index contributed by atoms with van der Waals surface area (Å²) in [5, 5.41) is 5.53. The summed E-state index contributed by atoms with van der Waals surface area (Å²) in [6.07, 6.45) is -0.171. The smallest absolute Gasteiger partial charge is 0.343 e. The summed E-state index contributed by atoms with van der Waals surface area (Å²) in [6, 6.07) is 21.3. The minimum atomic E-state index is -4.84. The van der Waals surface area contributed by atoms with Crippen molar-refractivity contribution in [2.75, 3.05) is 67.0 Å². The molecule has 2 fully saturated rings. The number of carbonyl (C=O) groups excluding carboxylic acids is 4. The fraction of sp³-hybridized carbons (Fsp3) is 0.491. The number of alkyl halides is 3. The molecule has 0 aliphatic carbocycles. The third-order valence-corrected chi connectivity index (χ3v) is 16.2. The number of rotatable bonds is 18. The Hall–Kier alpha value is -3.99. The molecule has 3 amide bonds. The van der Waals surface area contributed by atoms with Crippen molar-refractivity contribution in [3.05, 3.63) is 138 Å². The lowest BCUT2D eigenvalue weighted by atomic mass is 9.77. The van der Waals surface area contributed by atoms with E-state index in [-0.39, 0.29) is 46.7 Å². The zero-order valence-corrected chi connectivity index (χ0v) is 46.8. The molecule has 2 atom stereocenters. The number of halogens is 9. The molecule has 2 saturated heterocycles. The van der Waals surface area contributed by atoms with Crippen LogP contribution in [0.15, 0.2) is 78.9 Å². The average molecular weight is 1130 g/mol. The van der Waals surface area contributed by atoms with Crippen LogP contribution >= 0.6 is 58.0 Å². The normalized spacial score (nSPS) is 16.6. The molecule has 1 N–H and O–H groups in total. The average Bonchev–Trinajstić information content (AvgIpc) is 3.36. The van der Waals surface area contributed by atoms with E-state index >= 15 is 0 Å². The summed E-state index contributed by atoms with van der Waals surface area (Å²) in [6.45, 7) is 12.4. The Kier molecular flexibility index (Phi) is 22.1. The van der Waals surface area contributed by atoms with E-state index in [2.05, 4.69) is 15.1 Å². The van der Waals surface area contributed by atoms with E-state index in [4.69, 9.17) is 58.0 Å². The van der Waals surface area contributed by atoms with Gasteiger partial charge in [-0.15, -0.1) is 0 Å². The molecule has 0 spiro atoms. The summed E-state index contributed by atoms with van der Waals surface area (Å²) in [7, 11) is 5.14. The fourth-order valence-electron chi connectivity index (χ4n) is 9.68. The van der Waals surface area contributed by atoms with Crippen LogP contribution in [0.25, 0.3) is 0 Å². The molecule has 2 unspecified atom stereocenters. The molecule has 0 aromatic heterocycles. The van der Waals surface area contributed by atoms with Gasteiger partial charge in [-0.25, -0.2) is 4.39 Å². The van der Waals surface area contributed by atoms with Crippen LogP contribution in [0.1, 0.15) is 94.0 Å². The van der Waals surface area contributed by atoms with Gasteiger partial charge in [0.1, 0.15) is 11.6 Å². The van der Waals surface area contributed by atoms with Gasteiger partial charge in [-0.05, 0) is 156 Å². The number of likely N-dealkylation sites (tertiary alicyclic amines) is 2. The second-order valence-corrected chi connectivity index (χ2v) is 22.2. The largest absolute Gasteiger partial charge is 0.419 e. The summed E-state index contributed by atoms with van der Waals surface area (Å²) < 4.78 is 53.4. The first-order valence-corrected chi connectivity index (χ1v) is 26.5. The highest BCUT2D eigenvalue weighted by molar-refractivity contribution is 6.42. The van der Waals surface area contributed by atoms with Crippen LogP contribution in [-0.4, -0.2) is 127 Å². The fourth-order valence-corrected chi connectivity index (χ4v) is 10.5. The van der Waals surface area contributed by atoms with Gasteiger partial charge in [-0.2, -0.15) is 13.2 Å². The zero-order chi connectivity index (χ0) is 54.7. The topological polar surface area (TPSA) is 96.5 Å². The van der Waals surface area contributed by atoms with Crippen molar-refractivity contribution in [3.63, 3.8) is 0 Å². The predicted octanol–water partition coefficient (Wildman–Crippen LogP) is 12.0. The molecule has 4 aromatic carbocycles. The highest BCUT2D eigenvalue weighted by atomic mass is 35.5. The minimum Gasteiger partial charge on any atom is -0.343 e. The number of ketones is 1. The molecule has 2 aliphatic rings. The highest BCUT2D eigenvalue weighted by Gasteiger charge is 2.41. The molecule has 0 saturated carbocycles. The molecule has 0 radical (unpaired) electrons. The maximum atomic E-state index is 13.9. The summed E-state index contributed by atoms with van der Waals surface area (Å²) in [5.74, 6) is -1.47. The molecule has 4 aromatic rings. The second kappa shape index (κ2) is 26.9. The van der Waals surface area contributed by atoms with Crippen LogP contribution in [0.3, 0.4) is 0 Å². The van der Waals surface area contributed by atoms with Gasteiger partial charge in [0.05, 0.1) is 43.0 Å². The monoisotopic (exact) mass is 1130 g/mol. The number of carbonyl (C=O) groups is 4. The number of likely N-dealkylation sites (N-methyl/N-ethyl adjacent to an activating group) is 2. The molecule has 2 aliphatic heterocycles. The van der Waals surface area contributed by atoms with E-state index in [0.29, 0.717) is 64.2 Å². The van der Waals surface area contributed by atoms with Gasteiger partial charge in [-0.3, -0.25) is 19.2 Å². The molecule has 2 heterocycles. The summed E-state index contributed by atoms with van der Waals surface area (Å²) in [4.78, 5) is 60.3. The van der Waals surface area contributed by atoms with E-state index < -0.39 is 28.4 Å². The van der Waals surface area contributed by atoms with E-state index in [1.54, 1.807) is 61.9 Å². The lowest BCUT2D eigenvalue weighted by Gasteiger charge is -2.39. The van der Waals surface area contributed by atoms with E-state index in [9.17, 15) is 36.7 Å². The molecule has 0 bridgehead atoms. The number of piperidine rings is 2. The Morgan fingerprint density at radius 3 is 1.54 bits per heavy atom. The van der Waals surface area contributed by atoms with Gasteiger partial charge in [0.15, 0.2) is 0 Å². The Bertz CT molecular complexity index is 2600. The third kappa shape index (κ3) is 16.5. The Morgan fingerprint density at radius 2 is 1.11 bits per heavy atom. The van der Waals surface area contributed by atoms with Crippen LogP contribution in [0.4, 0.5) is 17.6 Å². The first-order chi connectivity index (χ1) is 34.7. The zero-order valence-electron chi connectivity index (χ0n) is 43.0. The van der Waals surface area contributed by atoms with E-state index in [0.717, 1.165) is 81.7 Å². The minimum absolute atomic E-state index is 0.0221. The van der Waals surface area contributed by atoms with Crippen molar-refractivity contribution >= 4 is 81.5 Å². The van der Waals surface area contributed by atoms with Crippen LogP contribution in [0, 0.1) is 5.82 Å². The lowest BCUT2D eigenvalue weighted by Crippen LogP contribution is -2.48. The molecule has 404 valence electrons. The SMILES string of the molecule is CC(=O)CNC1CCN(CCC(C)(C(=O)N(C)Cc2cccc(Cl)c2)c2ccc(Cl)c(Cl)c2)CC1.CC(=O)N(C)C1CCN(CCC(C)(C(=O)N(C)Cc2ccc(F)c(C(F)(F)F)c2)c2ccc(Cl)c(Cl)c2)CC1. The number of nitrogens with one attached hydrogen (secondary N) is 1. The molecule has 10 nitrogen and oxygen atoms in total. The van der Waals surface area contributed by atoms with Crippen molar-refractivity contribution < 1.29 is 36.7 Å². The quantitative estimate of drug-likeness (QED) is 0.0992. The third-order valence-electron chi connectivity index (χ3n) is 14.5. The molecular formula is C55H67Cl5F4N6O4. The Balaban J connectivity index is 0.000000276. The van der Waals surface area contributed by atoms with Gasteiger partial charge < -0.3 is 29.8 Å². The van der Waals surface area contributed by atoms with Crippen LogP contribution in [0.2, 0.25) is 25.1 Å². The number of hydrogen-bond donors (Lipinski definition) is 1. The number of nitrogens with zero attached hydrogens (tertiary/aromatic N) is 5. The first-order valence-electron chi connectivity index (χ1n) is 24.6. The van der Waals surface area contributed by atoms with Gasteiger partial charge in [0.25, 0.3) is 0 Å². The van der Waals surface area contributed by atoms with Crippen molar-refractivity contribution in [1.82, 2.24) is 29.8 Å². The maximum absolute atomic E-state index is 13.9. The van der Waals surface area contributed by atoms with Crippen molar-refractivity contribution in [3.8, 4) is 0 Å². The maximum Gasteiger partial charge on any atom is 0.419 e. The van der Waals surface area contributed by atoms with Crippen molar-refractivity contribution in [2.45, 2.75) is 108 Å². The summed E-state index contributed by atoms with van der Waals surface area (Å²) in [5.41, 5.74) is -0.582. The molecular weight excluding hydrogens is 1060 g/mol. The van der Waals surface area contributed by atoms with Gasteiger partial charge >= 0.3 is 6.18 Å². The molecule has 74 heavy (non-hydrogen) atoms. The lowest BCUT2D eigenvalue weighted by molar-refractivity contribution is -0.140. The number of hydrogen-bond acceptors (Lipinski definition) is 7. The first kappa shape index (κ1) is 60.9. The Labute approximate surface area is 458 Å². The second-order valence-electron chi connectivity index (χ2n) is 20.1. The Morgan fingerprint density at radius 1 is 0.635 bits per heavy atom. The van der Waals surface area contributed by atoms with E-state index in [1.807, 2.05) is 50.4 Å². The van der Waals surface area contributed by atoms with Crippen LogP contribution < -0.4 is 5.32 Å². The predicted molar refractivity (Wildman–Crippen MR) is 289 cm³/mol. The van der Waals surface area contributed by atoms with E-state index in [1.165, 1.54) is 18.0 Å². The number of benzene rings is 4. The highest BCUT2D eigenvalue weighted by Crippen LogP contribution is 2.38. The van der Waals surface area contributed by atoms with Gasteiger partial charge in [-0.1, -0.05) is 88.3 Å².